The van der Waals surface area contributed by atoms with Gasteiger partial charge in [0.15, 0.2) is 0 Å². The van der Waals surface area contributed by atoms with Gasteiger partial charge in [-0.05, 0) is 6.92 Å². The van der Waals surface area contributed by atoms with Crippen LogP contribution >= 0.6 is 0 Å². The zero-order chi connectivity index (χ0) is 7.56. The van der Waals surface area contributed by atoms with Crippen LogP contribution in [0.25, 0.3) is 0 Å². The third kappa shape index (κ3) is 1.30. The van der Waals surface area contributed by atoms with Gasteiger partial charge in [-0.15, -0.1) is 0 Å². The molecule has 0 unspecified atom stereocenters. The fourth-order valence-electron chi connectivity index (χ4n) is 0.354. The molecule has 0 aromatic carbocycles. The number of nitrogens with zero attached hydrogens (tertiary/aromatic N) is 2. The summed E-state index contributed by atoms with van der Waals surface area (Å²) in [6, 6.07) is 2.25. The number of esters is 1. The summed E-state index contributed by atoms with van der Waals surface area (Å²) in [6.45, 7) is 4.95. The molecule has 1 aliphatic rings. The molecule has 1 heterocycles. The lowest BCUT2D eigenvalue weighted by atomic mass is 10.4. The first-order valence-corrected chi connectivity index (χ1v) is 2.71. The fourth-order valence-corrected chi connectivity index (χ4v) is 0.354. The lowest BCUT2D eigenvalue weighted by Crippen LogP contribution is -2.17. The van der Waals surface area contributed by atoms with Gasteiger partial charge >= 0.3 is 12.3 Å². The average molecular weight is 138 g/mol. The standard InChI is InChI=1S/C6H6N2O2/c1-4(2)5(9)10-6-7-3-8-6/h6H,1H2,2H3. The molecule has 10 heavy (non-hydrogen) atoms. The van der Waals surface area contributed by atoms with Crippen LogP contribution in [0, 0.1) is 0 Å². The van der Waals surface area contributed by atoms with E-state index in [0.29, 0.717) is 5.57 Å². The van der Waals surface area contributed by atoms with Crippen molar-refractivity contribution in [3.8, 4) is 0 Å². The maximum atomic E-state index is 10.7. The summed E-state index contributed by atoms with van der Waals surface area (Å²) in [7, 11) is 0. The molecule has 0 spiro atoms. The maximum absolute atomic E-state index is 10.7. The van der Waals surface area contributed by atoms with Crippen LogP contribution in [0.15, 0.2) is 22.1 Å². The summed E-state index contributed by atoms with van der Waals surface area (Å²) in [5.74, 6) is -0.473. The molecule has 0 fully saturated rings. The Hall–Kier alpha value is -1.41. The van der Waals surface area contributed by atoms with E-state index in [1.54, 1.807) is 6.92 Å². The van der Waals surface area contributed by atoms with E-state index in [1.165, 1.54) is 0 Å². The van der Waals surface area contributed by atoms with Gasteiger partial charge in [0.1, 0.15) is 6.01 Å². The summed E-state index contributed by atoms with van der Waals surface area (Å²) in [5, 5.41) is 0. The summed E-state index contributed by atoms with van der Waals surface area (Å²) in [4.78, 5) is 17.7. The Kier molecular flexibility index (Phi) is 1.65. The van der Waals surface area contributed by atoms with Crippen LogP contribution < -0.4 is 0 Å². The van der Waals surface area contributed by atoms with E-state index in [1.807, 2.05) is 0 Å². The minimum atomic E-state index is -0.677. The first-order chi connectivity index (χ1) is 4.70. The van der Waals surface area contributed by atoms with Gasteiger partial charge in [0.2, 0.25) is 0 Å². The molecule has 1 rings (SSSR count). The van der Waals surface area contributed by atoms with Crippen molar-refractivity contribution in [1.82, 2.24) is 0 Å². The Morgan fingerprint density at radius 2 is 2.30 bits per heavy atom. The van der Waals surface area contributed by atoms with Gasteiger partial charge in [0.05, 0.1) is 0 Å². The van der Waals surface area contributed by atoms with Crippen molar-refractivity contribution >= 4 is 12.0 Å². The van der Waals surface area contributed by atoms with Crippen LogP contribution in [0.4, 0.5) is 0 Å². The zero-order valence-corrected chi connectivity index (χ0v) is 5.50. The average Bonchev–Trinajstić information content (AvgIpc) is 1.77. The largest absolute Gasteiger partial charge is 0.414 e. The van der Waals surface area contributed by atoms with E-state index in [4.69, 9.17) is 0 Å². The predicted octanol–water partition coefficient (Wildman–Crippen LogP) is 0.577. The molecule has 52 valence electrons. The molecule has 0 aromatic heterocycles. The number of ether oxygens (including phenoxy) is 1. The van der Waals surface area contributed by atoms with E-state index in [-0.39, 0.29) is 0 Å². The molecule has 4 heteroatoms. The Morgan fingerprint density at radius 1 is 1.70 bits per heavy atom. The molecule has 0 saturated heterocycles. The highest BCUT2D eigenvalue weighted by Crippen LogP contribution is 2.03. The van der Waals surface area contributed by atoms with E-state index in [2.05, 4.69) is 27.3 Å². The van der Waals surface area contributed by atoms with Gasteiger partial charge in [-0.3, -0.25) is 0 Å². The first kappa shape index (κ1) is 6.71. The second kappa shape index (κ2) is 2.45. The zero-order valence-electron chi connectivity index (χ0n) is 5.50. The Morgan fingerprint density at radius 3 is 2.60 bits per heavy atom. The van der Waals surface area contributed by atoms with Gasteiger partial charge in [-0.1, -0.05) is 6.58 Å². The van der Waals surface area contributed by atoms with E-state index < -0.39 is 12.3 Å². The predicted molar refractivity (Wildman–Crippen MR) is 34.6 cm³/mol. The molecule has 4 nitrogen and oxygen atoms in total. The van der Waals surface area contributed by atoms with Gasteiger partial charge in [-0.2, -0.15) is 9.98 Å². The third-order valence-electron chi connectivity index (χ3n) is 0.897. The molecule has 0 N–H and O–H groups in total. The normalized spacial score (nSPS) is 14.5. The molecule has 0 bridgehead atoms. The van der Waals surface area contributed by atoms with Crippen molar-refractivity contribution in [3.63, 3.8) is 0 Å². The van der Waals surface area contributed by atoms with E-state index >= 15 is 0 Å². The van der Waals surface area contributed by atoms with Crippen molar-refractivity contribution in [2.75, 3.05) is 0 Å². The van der Waals surface area contributed by atoms with Gasteiger partial charge in [-0.25, -0.2) is 4.79 Å². The van der Waals surface area contributed by atoms with Crippen LogP contribution in [0.5, 0.6) is 0 Å². The summed E-state index contributed by atoms with van der Waals surface area (Å²) in [5.41, 5.74) is 0.345. The second-order valence-electron chi connectivity index (χ2n) is 1.87. The lowest BCUT2D eigenvalue weighted by Gasteiger charge is -2.08. The van der Waals surface area contributed by atoms with Crippen LogP contribution in [-0.2, 0) is 9.53 Å². The summed E-state index contributed by atoms with van der Waals surface area (Å²) >= 11 is 0. The van der Waals surface area contributed by atoms with E-state index in [9.17, 15) is 4.79 Å². The molecule has 0 saturated carbocycles. The number of aliphatic imine (C=N–C) groups is 2. The number of carbonyl (C=O) groups is 1. The lowest BCUT2D eigenvalue weighted by molar-refractivity contribution is -0.143. The van der Waals surface area contributed by atoms with Crippen LogP contribution in [0.2, 0.25) is 0 Å². The smallest absolute Gasteiger partial charge is 0.336 e. The fraction of sp³-hybridized carbons (Fsp3) is 0.333. The highest BCUT2D eigenvalue weighted by Gasteiger charge is 2.14. The van der Waals surface area contributed by atoms with Gasteiger partial charge in [0, 0.05) is 5.57 Å². The molecule has 0 aliphatic carbocycles. The first-order valence-electron chi connectivity index (χ1n) is 2.71. The molecule has 0 atom stereocenters. The molecular weight excluding hydrogens is 132 g/mol. The second-order valence-corrected chi connectivity index (χ2v) is 1.87. The van der Waals surface area contributed by atoms with Crippen LogP contribution in [-0.4, -0.2) is 18.3 Å². The van der Waals surface area contributed by atoms with E-state index in [0.717, 1.165) is 0 Å². The topological polar surface area (TPSA) is 51.0 Å². The third-order valence-corrected chi connectivity index (χ3v) is 0.897. The number of hydrogen-bond acceptors (Lipinski definition) is 4. The highest BCUT2D eigenvalue weighted by atomic mass is 16.6. The van der Waals surface area contributed by atoms with Crippen molar-refractivity contribution in [2.24, 2.45) is 9.98 Å². The molecule has 0 aromatic rings. The Bertz CT molecular complexity index is 230. The minimum absolute atomic E-state index is 0.345. The Balaban J connectivity index is 2.33. The number of hydrogen-bond donors (Lipinski definition) is 0. The van der Waals surface area contributed by atoms with Gasteiger partial charge in [0.25, 0.3) is 0 Å². The number of carbonyl (C=O) groups excluding carboxylic acids is 1. The maximum Gasteiger partial charge on any atom is 0.336 e. The van der Waals surface area contributed by atoms with Crippen molar-refractivity contribution in [1.29, 1.82) is 0 Å². The SMILES string of the molecule is C=C(C)C(=O)OC1N=C=N1. The highest BCUT2D eigenvalue weighted by molar-refractivity contribution is 5.87. The molecule has 0 amide bonds. The summed E-state index contributed by atoms with van der Waals surface area (Å²) < 4.78 is 4.61. The van der Waals surface area contributed by atoms with Crippen LogP contribution in [0.3, 0.4) is 0 Å². The van der Waals surface area contributed by atoms with Gasteiger partial charge < -0.3 is 4.74 Å². The quantitative estimate of drug-likeness (QED) is 0.414. The van der Waals surface area contributed by atoms with Crippen molar-refractivity contribution in [2.45, 2.75) is 13.3 Å². The van der Waals surface area contributed by atoms with Crippen molar-refractivity contribution in [3.05, 3.63) is 12.2 Å². The summed E-state index contributed by atoms with van der Waals surface area (Å²) in [6.07, 6.45) is -0.677. The Labute approximate surface area is 57.9 Å². The molecule has 0 radical (unpaired) electrons. The van der Waals surface area contributed by atoms with Crippen molar-refractivity contribution < 1.29 is 9.53 Å². The number of rotatable bonds is 2. The molecular formula is C6H6N2O2. The monoisotopic (exact) mass is 138 g/mol. The minimum Gasteiger partial charge on any atom is -0.414 e. The van der Waals surface area contributed by atoms with Crippen LogP contribution in [0.1, 0.15) is 6.92 Å². The molecule has 1 aliphatic heterocycles.